The van der Waals surface area contributed by atoms with E-state index in [9.17, 15) is 8.42 Å². The van der Waals surface area contributed by atoms with Gasteiger partial charge in [-0.25, -0.2) is 13.1 Å². The first-order valence-electron chi connectivity index (χ1n) is 6.50. The highest BCUT2D eigenvalue weighted by atomic mass is 32.2. The van der Waals surface area contributed by atoms with Crippen LogP contribution in [-0.4, -0.2) is 25.2 Å². The van der Waals surface area contributed by atoms with Crippen LogP contribution in [0.1, 0.15) is 29.1 Å². The minimum atomic E-state index is -3.50. The number of sulfonamides is 1. The van der Waals surface area contributed by atoms with Gasteiger partial charge in [0.1, 0.15) is 4.90 Å². The molecule has 0 bridgehead atoms. The fourth-order valence-corrected chi connectivity index (χ4v) is 4.96. The maximum atomic E-state index is 12.4. The lowest BCUT2D eigenvalue weighted by Gasteiger charge is -2.14. The normalized spacial score (nSPS) is 17.3. The number of rotatable bonds is 5. The summed E-state index contributed by atoms with van der Waals surface area (Å²) in [5, 5.41) is 8.70. The lowest BCUT2D eigenvalue weighted by Crippen LogP contribution is -2.32. The minimum Gasteiger partial charge on any atom is -0.281 e. The van der Waals surface area contributed by atoms with Crippen molar-refractivity contribution in [2.75, 3.05) is 6.54 Å². The molecule has 1 saturated carbocycles. The lowest BCUT2D eigenvalue weighted by molar-refractivity contribution is 0.567. The van der Waals surface area contributed by atoms with Crippen molar-refractivity contribution in [3.63, 3.8) is 0 Å². The molecule has 1 aliphatic rings. The molecule has 3 rings (SSSR count). The Labute approximate surface area is 122 Å². The lowest BCUT2D eigenvalue weighted by atomic mass is 10.1. The number of aromatic amines is 1. The molecule has 0 aromatic carbocycles. The third-order valence-corrected chi connectivity index (χ3v) is 6.61. The number of thiophene rings is 1. The minimum absolute atomic E-state index is 0.00673. The van der Waals surface area contributed by atoms with Gasteiger partial charge in [-0.2, -0.15) is 5.10 Å². The van der Waals surface area contributed by atoms with Crippen LogP contribution in [-0.2, 0) is 15.4 Å². The smallest absolute Gasteiger partial charge is 0.244 e. The average molecular weight is 311 g/mol. The Balaban J connectivity index is 1.79. The van der Waals surface area contributed by atoms with Crippen molar-refractivity contribution < 1.29 is 8.42 Å². The van der Waals surface area contributed by atoms with Crippen molar-refractivity contribution in [3.8, 4) is 0 Å². The van der Waals surface area contributed by atoms with Crippen molar-refractivity contribution in [1.29, 1.82) is 0 Å². The summed E-state index contributed by atoms with van der Waals surface area (Å²) in [7, 11) is -3.50. The highest BCUT2D eigenvalue weighted by molar-refractivity contribution is 7.89. The molecule has 1 aliphatic carbocycles. The first-order chi connectivity index (χ1) is 9.45. The second-order valence-electron chi connectivity index (χ2n) is 5.35. The number of hydrogen-bond acceptors (Lipinski definition) is 4. The third kappa shape index (κ3) is 2.30. The van der Waals surface area contributed by atoms with Crippen LogP contribution in [0.25, 0.3) is 0 Å². The topological polar surface area (TPSA) is 74.8 Å². The summed E-state index contributed by atoms with van der Waals surface area (Å²) >= 11 is 1.69. The number of nitrogens with one attached hydrogen (secondary N) is 2. The van der Waals surface area contributed by atoms with Crippen LogP contribution >= 0.6 is 11.3 Å². The molecule has 0 saturated heterocycles. The first-order valence-corrected chi connectivity index (χ1v) is 8.86. The molecule has 7 heteroatoms. The van der Waals surface area contributed by atoms with E-state index in [1.807, 2.05) is 11.4 Å². The molecule has 2 N–H and O–H groups in total. The summed E-state index contributed by atoms with van der Waals surface area (Å²) < 4.78 is 27.6. The van der Waals surface area contributed by atoms with E-state index < -0.39 is 10.0 Å². The summed E-state index contributed by atoms with van der Waals surface area (Å²) in [6, 6.07) is 4.10. The van der Waals surface area contributed by atoms with Crippen molar-refractivity contribution in [2.24, 2.45) is 0 Å². The Hall–Kier alpha value is -1.18. The fourth-order valence-electron chi connectivity index (χ4n) is 2.48. The highest BCUT2D eigenvalue weighted by Crippen LogP contribution is 2.49. The van der Waals surface area contributed by atoms with E-state index in [0.29, 0.717) is 17.9 Å². The van der Waals surface area contributed by atoms with Crippen LogP contribution in [0.3, 0.4) is 0 Å². The number of aromatic nitrogens is 2. The standard InChI is InChI=1S/C13H17N3O2S2/c1-9-12(10(2)16-15-9)20(17,18)14-8-13(5-6-13)11-4-3-7-19-11/h3-4,7,14H,5-6,8H2,1-2H3,(H,15,16). The number of H-pyrrole nitrogens is 1. The SMILES string of the molecule is Cc1n[nH]c(C)c1S(=O)(=O)NCC1(c2cccs2)CC1. The van der Waals surface area contributed by atoms with Crippen molar-refractivity contribution in [3.05, 3.63) is 33.8 Å². The first kappa shape index (κ1) is 13.8. The van der Waals surface area contributed by atoms with Crippen LogP contribution in [0.5, 0.6) is 0 Å². The molecule has 0 amide bonds. The zero-order chi connectivity index (χ0) is 14.4. The predicted octanol–water partition coefficient (Wildman–Crippen LogP) is 2.10. The Bertz CT molecular complexity index is 693. The molecule has 0 unspecified atom stereocenters. The van der Waals surface area contributed by atoms with E-state index in [2.05, 4.69) is 21.0 Å². The molecule has 5 nitrogen and oxygen atoms in total. The molecule has 2 aromatic heterocycles. The van der Waals surface area contributed by atoms with Gasteiger partial charge in [-0.05, 0) is 38.1 Å². The Kier molecular flexibility index (Phi) is 3.23. The quantitative estimate of drug-likeness (QED) is 0.888. The Morgan fingerprint density at radius 2 is 2.20 bits per heavy atom. The van der Waals surface area contributed by atoms with Gasteiger partial charge in [-0.15, -0.1) is 11.3 Å². The van der Waals surface area contributed by atoms with Crippen molar-refractivity contribution in [2.45, 2.75) is 37.0 Å². The summed E-state index contributed by atoms with van der Waals surface area (Å²) in [6.07, 6.45) is 2.08. The Morgan fingerprint density at radius 3 is 2.70 bits per heavy atom. The highest BCUT2D eigenvalue weighted by Gasteiger charge is 2.45. The van der Waals surface area contributed by atoms with Crippen LogP contribution in [0.4, 0.5) is 0 Å². The van der Waals surface area contributed by atoms with E-state index in [0.717, 1.165) is 12.8 Å². The maximum Gasteiger partial charge on any atom is 0.244 e. The molecule has 2 heterocycles. The molecule has 1 fully saturated rings. The van der Waals surface area contributed by atoms with Gasteiger partial charge < -0.3 is 0 Å². The molecule has 108 valence electrons. The largest absolute Gasteiger partial charge is 0.281 e. The summed E-state index contributed by atoms with van der Waals surface area (Å²) in [5.41, 5.74) is 1.10. The monoisotopic (exact) mass is 311 g/mol. The molecule has 20 heavy (non-hydrogen) atoms. The fraction of sp³-hybridized carbons (Fsp3) is 0.462. The van der Waals surface area contributed by atoms with E-state index in [1.165, 1.54) is 4.88 Å². The average Bonchev–Trinajstić information content (AvgIpc) is 2.82. The molecule has 2 aromatic rings. The summed E-state index contributed by atoms with van der Waals surface area (Å²) in [6.45, 7) is 3.88. The molecule has 0 spiro atoms. The van der Waals surface area contributed by atoms with Gasteiger partial charge in [-0.3, -0.25) is 5.10 Å². The third-order valence-electron chi connectivity index (χ3n) is 3.83. The predicted molar refractivity (Wildman–Crippen MR) is 78.5 cm³/mol. The molecular formula is C13H17N3O2S2. The number of nitrogens with zero attached hydrogens (tertiary/aromatic N) is 1. The van der Waals surface area contributed by atoms with Crippen LogP contribution < -0.4 is 4.72 Å². The van der Waals surface area contributed by atoms with Crippen LogP contribution in [0, 0.1) is 13.8 Å². The second-order valence-corrected chi connectivity index (χ2v) is 8.00. The Morgan fingerprint density at radius 1 is 1.45 bits per heavy atom. The van der Waals surface area contributed by atoms with Crippen molar-refractivity contribution >= 4 is 21.4 Å². The van der Waals surface area contributed by atoms with Gasteiger partial charge in [0.25, 0.3) is 0 Å². The van der Waals surface area contributed by atoms with Gasteiger partial charge >= 0.3 is 0 Å². The zero-order valence-corrected chi connectivity index (χ0v) is 13.1. The molecular weight excluding hydrogens is 294 g/mol. The van der Waals surface area contributed by atoms with Gasteiger partial charge in [0.15, 0.2) is 0 Å². The van der Waals surface area contributed by atoms with Gasteiger partial charge in [0.05, 0.1) is 11.4 Å². The second kappa shape index (κ2) is 4.68. The van der Waals surface area contributed by atoms with E-state index in [4.69, 9.17) is 0 Å². The van der Waals surface area contributed by atoms with E-state index in [-0.39, 0.29) is 10.3 Å². The van der Waals surface area contributed by atoms with Crippen molar-refractivity contribution in [1.82, 2.24) is 14.9 Å². The van der Waals surface area contributed by atoms with Gasteiger partial charge in [0.2, 0.25) is 10.0 Å². The van der Waals surface area contributed by atoms with Gasteiger partial charge in [0, 0.05) is 16.8 Å². The number of aryl methyl sites for hydroxylation is 2. The summed E-state index contributed by atoms with van der Waals surface area (Å²) in [5.74, 6) is 0. The zero-order valence-electron chi connectivity index (χ0n) is 11.4. The number of hydrogen-bond donors (Lipinski definition) is 2. The van der Waals surface area contributed by atoms with E-state index >= 15 is 0 Å². The van der Waals surface area contributed by atoms with E-state index in [1.54, 1.807) is 25.2 Å². The molecule has 0 atom stereocenters. The van der Waals surface area contributed by atoms with Crippen LogP contribution in [0.2, 0.25) is 0 Å². The molecule has 0 aliphatic heterocycles. The van der Waals surface area contributed by atoms with Crippen LogP contribution in [0.15, 0.2) is 22.4 Å². The van der Waals surface area contributed by atoms with Gasteiger partial charge in [-0.1, -0.05) is 6.07 Å². The maximum absolute atomic E-state index is 12.4. The molecule has 0 radical (unpaired) electrons. The summed E-state index contributed by atoms with van der Waals surface area (Å²) in [4.78, 5) is 1.54.